The van der Waals surface area contributed by atoms with Gasteiger partial charge in [-0.1, -0.05) is 15.9 Å². The first-order valence-corrected chi connectivity index (χ1v) is 8.44. The van der Waals surface area contributed by atoms with Crippen molar-refractivity contribution in [2.24, 2.45) is 0 Å². The van der Waals surface area contributed by atoms with Crippen molar-refractivity contribution < 1.29 is 4.79 Å². The van der Waals surface area contributed by atoms with Crippen LogP contribution in [0.5, 0.6) is 0 Å². The number of nitrogens with zero attached hydrogens (tertiary/aromatic N) is 2. The maximum atomic E-state index is 12.6. The second-order valence-corrected chi connectivity index (χ2v) is 6.85. The molecule has 2 heterocycles. The molecule has 0 aliphatic carbocycles. The Morgan fingerprint density at radius 3 is 2.59 bits per heavy atom. The molecule has 1 aromatic rings. The minimum atomic E-state index is 0. The topological polar surface area (TPSA) is 35.6 Å². The number of hydrogen-bond donors (Lipinski definition) is 1. The van der Waals surface area contributed by atoms with Crippen LogP contribution in [-0.2, 0) is 0 Å². The Balaban J connectivity index is 0.00000176. The summed E-state index contributed by atoms with van der Waals surface area (Å²) in [5.74, 6) is 0.171. The van der Waals surface area contributed by atoms with Gasteiger partial charge in [0.05, 0.1) is 0 Å². The largest absolute Gasteiger partial charge is 0.336 e. The molecule has 1 amide bonds. The lowest BCUT2D eigenvalue weighted by atomic mass is 10.1. The van der Waals surface area contributed by atoms with Gasteiger partial charge in [0, 0.05) is 48.8 Å². The fourth-order valence-corrected chi connectivity index (χ4v) is 3.75. The van der Waals surface area contributed by atoms with E-state index in [1.807, 2.05) is 30.0 Å². The summed E-state index contributed by atoms with van der Waals surface area (Å²) in [5.41, 5.74) is 1.87. The number of rotatable bonds is 2. The van der Waals surface area contributed by atoms with Crippen molar-refractivity contribution in [1.82, 2.24) is 15.1 Å². The summed E-state index contributed by atoms with van der Waals surface area (Å²) in [7, 11) is 0. The Hall–Kier alpha value is -0.620. The van der Waals surface area contributed by atoms with Gasteiger partial charge in [0.1, 0.15) is 0 Å². The number of halogens is 2. The van der Waals surface area contributed by atoms with E-state index in [0.29, 0.717) is 6.04 Å². The van der Waals surface area contributed by atoms with Crippen LogP contribution in [-0.4, -0.2) is 61.0 Å². The maximum absolute atomic E-state index is 12.6. The molecule has 122 valence electrons. The summed E-state index contributed by atoms with van der Waals surface area (Å²) in [5, 5.41) is 3.42. The van der Waals surface area contributed by atoms with Gasteiger partial charge >= 0.3 is 0 Å². The van der Waals surface area contributed by atoms with Crippen LogP contribution in [0.25, 0.3) is 0 Å². The Bertz CT molecular complexity index is 526. The van der Waals surface area contributed by atoms with E-state index < -0.39 is 0 Å². The van der Waals surface area contributed by atoms with E-state index in [0.717, 1.165) is 54.9 Å². The zero-order chi connectivity index (χ0) is 14.8. The predicted molar refractivity (Wildman–Crippen MR) is 94.9 cm³/mol. The molecule has 22 heavy (non-hydrogen) atoms. The number of nitrogens with one attached hydrogen (secondary N) is 1. The van der Waals surface area contributed by atoms with Crippen molar-refractivity contribution in [3.05, 3.63) is 33.8 Å². The molecule has 0 saturated carbocycles. The number of piperazine rings is 1. The Kier molecular flexibility index (Phi) is 6.26. The van der Waals surface area contributed by atoms with E-state index >= 15 is 0 Å². The van der Waals surface area contributed by atoms with Crippen LogP contribution in [0.4, 0.5) is 0 Å². The molecule has 0 radical (unpaired) electrons. The first-order chi connectivity index (χ1) is 10.1. The van der Waals surface area contributed by atoms with Crippen molar-refractivity contribution in [2.75, 3.05) is 39.3 Å². The molecule has 0 spiro atoms. The quantitative estimate of drug-likeness (QED) is 0.844. The number of amides is 1. The monoisotopic (exact) mass is 387 g/mol. The summed E-state index contributed by atoms with van der Waals surface area (Å²) in [6.45, 7) is 7.89. The number of carbonyl (C=O) groups is 1. The molecule has 2 saturated heterocycles. The molecular weight excluding hydrogens is 366 g/mol. The molecule has 0 bridgehead atoms. The van der Waals surface area contributed by atoms with Gasteiger partial charge in [-0.05, 0) is 43.7 Å². The van der Waals surface area contributed by atoms with Crippen molar-refractivity contribution in [2.45, 2.75) is 19.4 Å². The van der Waals surface area contributed by atoms with E-state index in [2.05, 4.69) is 26.1 Å². The van der Waals surface area contributed by atoms with E-state index in [4.69, 9.17) is 0 Å². The third-order valence-corrected chi connectivity index (χ3v) is 5.06. The number of benzene rings is 1. The summed E-state index contributed by atoms with van der Waals surface area (Å²) < 4.78 is 1.02. The highest BCUT2D eigenvalue weighted by atomic mass is 79.9. The van der Waals surface area contributed by atoms with Gasteiger partial charge in [0.2, 0.25) is 0 Å². The van der Waals surface area contributed by atoms with E-state index in [1.165, 1.54) is 6.42 Å². The highest BCUT2D eigenvalue weighted by Gasteiger charge is 2.28. The number of aryl methyl sites for hydroxylation is 1. The summed E-state index contributed by atoms with van der Waals surface area (Å²) in [4.78, 5) is 17.2. The lowest BCUT2D eigenvalue weighted by Crippen LogP contribution is -2.52. The zero-order valence-electron chi connectivity index (χ0n) is 12.8. The van der Waals surface area contributed by atoms with Crippen molar-refractivity contribution >= 4 is 34.2 Å². The first-order valence-electron chi connectivity index (χ1n) is 7.65. The average Bonchev–Trinajstić information content (AvgIpc) is 3.01. The van der Waals surface area contributed by atoms with Crippen LogP contribution in [0.3, 0.4) is 0 Å². The van der Waals surface area contributed by atoms with E-state index in [1.54, 1.807) is 0 Å². The normalized spacial score (nSPS) is 22.5. The molecule has 1 aromatic carbocycles. The smallest absolute Gasteiger partial charge is 0.254 e. The lowest BCUT2D eigenvalue weighted by Gasteiger charge is -2.38. The fourth-order valence-electron chi connectivity index (χ4n) is 3.28. The molecule has 2 fully saturated rings. The van der Waals surface area contributed by atoms with Crippen molar-refractivity contribution in [3.8, 4) is 0 Å². The lowest BCUT2D eigenvalue weighted by molar-refractivity contribution is 0.0583. The average molecular weight is 389 g/mol. The summed E-state index contributed by atoms with van der Waals surface area (Å²) in [6.07, 6.45) is 1.24. The molecule has 1 unspecified atom stereocenters. The van der Waals surface area contributed by atoms with Crippen molar-refractivity contribution in [1.29, 1.82) is 0 Å². The van der Waals surface area contributed by atoms with Crippen molar-refractivity contribution in [3.63, 3.8) is 0 Å². The molecule has 0 aromatic heterocycles. The fraction of sp³-hybridized carbons (Fsp3) is 0.562. The second kappa shape index (κ2) is 7.77. The molecule has 2 aliphatic heterocycles. The molecule has 3 rings (SSSR count). The van der Waals surface area contributed by atoms with Crippen LogP contribution >= 0.6 is 28.3 Å². The Morgan fingerprint density at radius 2 is 2.00 bits per heavy atom. The molecular formula is C16H23BrClN3O. The third-order valence-electron chi connectivity index (χ3n) is 4.57. The van der Waals surface area contributed by atoms with Crippen LogP contribution in [0, 0.1) is 6.92 Å². The molecule has 1 N–H and O–H groups in total. The van der Waals surface area contributed by atoms with Gasteiger partial charge in [0.15, 0.2) is 0 Å². The number of carbonyl (C=O) groups excluding carboxylic acids is 1. The van der Waals surface area contributed by atoms with Crippen LogP contribution in [0.2, 0.25) is 0 Å². The van der Waals surface area contributed by atoms with E-state index in [9.17, 15) is 4.79 Å². The van der Waals surface area contributed by atoms with Gasteiger partial charge in [0.25, 0.3) is 5.91 Å². The first kappa shape index (κ1) is 17.7. The summed E-state index contributed by atoms with van der Waals surface area (Å²) >= 11 is 3.45. The highest BCUT2D eigenvalue weighted by Crippen LogP contribution is 2.19. The minimum Gasteiger partial charge on any atom is -0.336 e. The minimum absolute atomic E-state index is 0. The zero-order valence-corrected chi connectivity index (χ0v) is 15.3. The summed E-state index contributed by atoms with van der Waals surface area (Å²) in [6, 6.07) is 6.54. The van der Waals surface area contributed by atoms with Gasteiger partial charge in [-0.2, -0.15) is 0 Å². The Morgan fingerprint density at radius 1 is 1.27 bits per heavy atom. The SMILES string of the molecule is Cc1cc(Br)ccc1C(=O)N1CCN(C2CCNC2)CC1.Cl. The maximum Gasteiger partial charge on any atom is 0.254 e. The van der Waals surface area contributed by atoms with Crippen LogP contribution in [0.1, 0.15) is 22.3 Å². The highest BCUT2D eigenvalue weighted by molar-refractivity contribution is 9.10. The molecule has 6 heteroatoms. The molecule has 2 aliphatic rings. The third kappa shape index (κ3) is 3.82. The van der Waals surface area contributed by atoms with Gasteiger partial charge in [-0.3, -0.25) is 9.69 Å². The van der Waals surface area contributed by atoms with E-state index in [-0.39, 0.29) is 18.3 Å². The van der Waals surface area contributed by atoms with Gasteiger partial charge in [-0.15, -0.1) is 12.4 Å². The molecule has 4 nitrogen and oxygen atoms in total. The second-order valence-electron chi connectivity index (χ2n) is 5.93. The standard InChI is InChI=1S/C16H22BrN3O.ClH/c1-12-10-13(17)2-3-15(12)16(21)20-8-6-19(7-9-20)14-4-5-18-11-14;/h2-3,10,14,18H,4-9,11H2,1H3;1H. The Labute approximate surface area is 146 Å². The van der Waals surface area contributed by atoms with Crippen LogP contribution < -0.4 is 5.32 Å². The molecule has 1 atom stereocenters. The number of hydrogen-bond acceptors (Lipinski definition) is 3. The van der Waals surface area contributed by atoms with Crippen LogP contribution in [0.15, 0.2) is 22.7 Å². The van der Waals surface area contributed by atoms with Gasteiger partial charge in [-0.25, -0.2) is 0 Å². The van der Waals surface area contributed by atoms with Gasteiger partial charge < -0.3 is 10.2 Å². The predicted octanol–water partition coefficient (Wildman–Crippen LogP) is 2.30.